The van der Waals surface area contributed by atoms with Crippen molar-refractivity contribution in [2.75, 3.05) is 6.61 Å². The fourth-order valence-corrected chi connectivity index (χ4v) is 0.203. The van der Waals surface area contributed by atoms with Crippen molar-refractivity contribution in [2.24, 2.45) is 0 Å². The third-order valence-corrected chi connectivity index (χ3v) is 0.348. The molecular weight excluding hydrogens is 120 g/mol. The number of carbonyl (C=O) groups excluding carboxylic acids is 1. The summed E-state index contributed by atoms with van der Waals surface area (Å²) in [6, 6.07) is 0. The Balaban J connectivity index is 0. The normalized spacial score (nSPS) is 6.44. The van der Waals surface area contributed by atoms with Crippen molar-refractivity contribution in [1.82, 2.24) is 0 Å². The molecule has 0 amide bonds. The van der Waals surface area contributed by atoms with E-state index in [0.29, 0.717) is 6.61 Å². The second kappa shape index (κ2) is 10.1. The fourth-order valence-electron chi connectivity index (χ4n) is 0.203. The van der Waals surface area contributed by atoms with Crippen LogP contribution in [0.5, 0.6) is 0 Å². The van der Waals surface area contributed by atoms with Gasteiger partial charge in [-0.05, 0) is 6.92 Å². The van der Waals surface area contributed by atoms with Gasteiger partial charge in [0.2, 0.25) is 0 Å². The summed E-state index contributed by atoms with van der Waals surface area (Å²) < 4.78 is 4.40. The van der Waals surface area contributed by atoms with Crippen LogP contribution in [0.15, 0.2) is 12.8 Å². The topological polar surface area (TPSA) is 46.5 Å². The molecule has 0 bridgehead atoms. The van der Waals surface area contributed by atoms with Crippen molar-refractivity contribution in [2.45, 2.75) is 13.8 Å². The first-order chi connectivity index (χ1) is 4.18. The Morgan fingerprint density at radius 2 is 2.22 bits per heavy atom. The number of ether oxygens (including phenoxy) is 1. The van der Waals surface area contributed by atoms with Crippen molar-refractivity contribution >= 4 is 5.97 Å². The van der Waals surface area contributed by atoms with Crippen LogP contribution in [0.1, 0.15) is 13.8 Å². The van der Waals surface area contributed by atoms with E-state index in [4.69, 9.17) is 5.11 Å². The van der Waals surface area contributed by atoms with E-state index in [0.717, 1.165) is 6.26 Å². The number of rotatable bonds is 1. The SMILES string of the molecule is C=CO.CCOC(C)=O. The van der Waals surface area contributed by atoms with Gasteiger partial charge in [-0.1, -0.05) is 6.58 Å². The zero-order valence-electron chi connectivity index (χ0n) is 5.76. The molecule has 3 nitrogen and oxygen atoms in total. The molecule has 0 fully saturated rings. The summed E-state index contributed by atoms with van der Waals surface area (Å²) in [5.74, 6) is -0.211. The predicted octanol–water partition coefficient (Wildman–Crippen LogP) is 1.26. The number of esters is 1. The highest BCUT2D eigenvalue weighted by Gasteiger charge is 1.81. The van der Waals surface area contributed by atoms with Gasteiger partial charge in [-0.2, -0.15) is 0 Å². The average Bonchev–Trinajstić information content (AvgIpc) is 1.67. The van der Waals surface area contributed by atoms with Crippen molar-refractivity contribution in [1.29, 1.82) is 0 Å². The van der Waals surface area contributed by atoms with Gasteiger partial charge >= 0.3 is 5.97 Å². The van der Waals surface area contributed by atoms with Gasteiger partial charge in [0.1, 0.15) is 0 Å². The van der Waals surface area contributed by atoms with Crippen LogP contribution >= 0.6 is 0 Å². The number of carbonyl (C=O) groups is 1. The van der Waals surface area contributed by atoms with Gasteiger partial charge in [0.15, 0.2) is 0 Å². The Kier molecular flexibility index (Phi) is 12.2. The lowest BCUT2D eigenvalue weighted by Crippen LogP contribution is -1.95. The minimum atomic E-state index is -0.211. The van der Waals surface area contributed by atoms with Gasteiger partial charge in [0.05, 0.1) is 12.9 Å². The molecule has 3 heteroatoms. The van der Waals surface area contributed by atoms with Crippen molar-refractivity contribution in [3.05, 3.63) is 12.8 Å². The van der Waals surface area contributed by atoms with E-state index in [1.165, 1.54) is 6.92 Å². The van der Waals surface area contributed by atoms with Crippen molar-refractivity contribution in [3.63, 3.8) is 0 Å². The summed E-state index contributed by atoms with van der Waals surface area (Å²) in [7, 11) is 0. The van der Waals surface area contributed by atoms with Gasteiger partial charge in [-0.25, -0.2) is 0 Å². The maximum Gasteiger partial charge on any atom is 0.302 e. The summed E-state index contributed by atoms with van der Waals surface area (Å²) in [5.41, 5.74) is 0. The van der Waals surface area contributed by atoms with Crippen LogP contribution in [0.2, 0.25) is 0 Å². The van der Waals surface area contributed by atoms with E-state index >= 15 is 0 Å². The van der Waals surface area contributed by atoms with Gasteiger partial charge in [-0.15, -0.1) is 0 Å². The van der Waals surface area contributed by atoms with Crippen molar-refractivity contribution in [3.8, 4) is 0 Å². The maximum atomic E-state index is 9.82. The predicted molar refractivity (Wildman–Crippen MR) is 35.1 cm³/mol. The molecule has 0 saturated carbocycles. The third kappa shape index (κ3) is 43.6. The molecule has 0 aliphatic rings. The van der Waals surface area contributed by atoms with E-state index in [1.54, 1.807) is 6.92 Å². The molecule has 0 aliphatic carbocycles. The standard InChI is InChI=1S/C4H8O2.C2H4O/c1-3-6-4(2)5;1-2-3/h3H2,1-2H3;2-3H,1H2. The number of hydrogen-bond donors (Lipinski definition) is 1. The summed E-state index contributed by atoms with van der Waals surface area (Å²) in [4.78, 5) is 9.82. The quantitative estimate of drug-likeness (QED) is 0.431. The van der Waals surface area contributed by atoms with Gasteiger partial charge in [0.25, 0.3) is 0 Å². The highest BCUT2D eigenvalue weighted by molar-refractivity contribution is 5.65. The molecule has 1 N–H and O–H groups in total. The highest BCUT2D eigenvalue weighted by atomic mass is 16.5. The largest absolute Gasteiger partial charge is 0.516 e. The molecule has 0 aromatic rings. The van der Waals surface area contributed by atoms with Crippen LogP contribution < -0.4 is 0 Å². The Bertz CT molecular complexity index is 78.4. The first-order valence-corrected chi connectivity index (χ1v) is 2.57. The van der Waals surface area contributed by atoms with Crippen LogP contribution in [0.25, 0.3) is 0 Å². The molecule has 0 aromatic heterocycles. The molecule has 54 valence electrons. The Morgan fingerprint density at radius 1 is 1.89 bits per heavy atom. The van der Waals surface area contributed by atoms with Crippen molar-refractivity contribution < 1.29 is 14.6 Å². The summed E-state index contributed by atoms with van der Waals surface area (Å²) >= 11 is 0. The zero-order valence-corrected chi connectivity index (χ0v) is 5.76. The third-order valence-electron chi connectivity index (χ3n) is 0.348. The molecule has 0 unspecified atom stereocenters. The van der Waals surface area contributed by atoms with Crippen LogP contribution in [-0.4, -0.2) is 17.7 Å². The van der Waals surface area contributed by atoms with E-state index in [2.05, 4.69) is 11.3 Å². The molecular formula is C6H12O3. The second-order valence-electron chi connectivity index (χ2n) is 1.11. The first-order valence-electron chi connectivity index (χ1n) is 2.57. The molecule has 0 aliphatic heterocycles. The number of hydrogen-bond acceptors (Lipinski definition) is 3. The zero-order chi connectivity index (χ0) is 7.70. The second-order valence-corrected chi connectivity index (χ2v) is 1.11. The van der Waals surface area contributed by atoms with E-state index in [-0.39, 0.29) is 5.97 Å². The Morgan fingerprint density at radius 3 is 2.22 bits per heavy atom. The summed E-state index contributed by atoms with van der Waals surface area (Å²) in [5, 5.41) is 7.33. The average molecular weight is 132 g/mol. The lowest BCUT2D eigenvalue weighted by molar-refractivity contribution is -0.140. The first kappa shape index (κ1) is 10.9. The monoisotopic (exact) mass is 132 g/mol. The minimum Gasteiger partial charge on any atom is -0.516 e. The molecule has 0 saturated heterocycles. The van der Waals surface area contributed by atoms with Crippen LogP contribution in [-0.2, 0) is 9.53 Å². The van der Waals surface area contributed by atoms with Gasteiger partial charge in [-0.3, -0.25) is 4.79 Å². The van der Waals surface area contributed by atoms with E-state index in [1.807, 2.05) is 0 Å². The highest BCUT2D eigenvalue weighted by Crippen LogP contribution is 1.69. The van der Waals surface area contributed by atoms with Gasteiger partial charge < -0.3 is 9.84 Å². The Hall–Kier alpha value is -0.990. The summed E-state index contributed by atoms with van der Waals surface area (Å²) in [6.07, 6.45) is 0.750. The molecule has 0 aromatic carbocycles. The van der Waals surface area contributed by atoms with Crippen LogP contribution in [0.3, 0.4) is 0 Å². The molecule has 0 heterocycles. The van der Waals surface area contributed by atoms with Crippen LogP contribution in [0.4, 0.5) is 0 Å². The molecule has 0 radical (unpaired) electrons. The lowest BCUT2D eigenvalue weighted by atomic mass is 10.8. The van der Waals surface area contributed by atoms with Crippen LogP contribution in [0, 0.1) is 0 Å². The molecule has 9 heavy (non-hydrogen) atoms. The maximum absolute atomic E-state index is 9.82. The van der Waals surface area contributed by atoms with E-state index < -0.39 is 0 Å². The fraction of sp³-hybridized carbons (Fsp3) is 0.500. The van der Waals surface area contributed by atoms with Gasteiger partial charge in [0, 0.05) is 6.92 Å². The smallest absolute Gasteiger partial charge is 0.302 e. The number of aliphatic hydroxyl groups excluding tert-OH is 1. The summed E-state index contributed by atoms with van der Waals surface area (Å²) in [6.45, 7) is 6.57. The van der Waals surface area contributed by atoms with E-state index in [9.17, 15) is 4.79 Å². The molecule has 0 spiro atoms. The minimum absolute atomic E-state index is 0.211. The Labute approximate surface area is 54.9 Å². The molecule has 0 rings (SSSR count). The number of aliphatic hydroxyl groups is 1. The molecule has 0 atom stereocenters. The lowest BCUT2D eigenvalue weighted by Gasteiger charge is -1.89.